The minimum atomic E-state index is 0.585. The summed E-state index contributed by atoms with van der Waals surface area (Å²) in [6, 6.07) is 17.1. The average Bonchev–Trinajstić information content (AvgIpc) is 3.00. The molecule has 0 radical (unpaired) electrons. The topological polar surface area (TPSA) is 27.1 Å². The van der Waals surface area contributed by atoms with Gasteiger partial charge in [-0.1, -0.05) is 25.5 Å². The molecule has 4 aromatic rings. The Kier molecular flexibility index (Phi) is 3.49. The van der Waals surface area contributed by atoms with Crippen LogP contribution in [-0.2, 0) is 13.2 Å². The Morgan fingerprint density at radius 2 is 1.96 bits per heavy atom. The third kappa shape index (κ3) is 2.23. The molecule has 1 aliphatic heterocycles. The second kappa shape index (κ2) is 5.87. The van der Waals surface area contributed by atoms with Crippen molar-refractivity contribution in [2.45, 2.75) is 39.8 Å². The summed E-state index contributed by atoms with van der Waals surface area (Å²) in [5.74, 6) is 0.925. The number of unbranched alkanes of at least 4 members (excludes halogenated alkanes) is 1. The van der Waals surface area contributed by atoms with E-state index in [4.69, 9.17) is 9.72 Å². The number of pyridine rings is 1. The van der Waals surface area contributed by atoms with Crippen LogP contribution in [0.15, 0.2) is 48.5 Å². The Labute approximate surface area is 153 Å². The highest BCUT2D eigenvalue weighted by molar-refractivity contribution is 6.06. The molecule has 2 aromatic carbocycles. The fourth-order valence-corrected chi connectivity index (χ4v) is 4.06. The third-order valence-electron chi connectivity index (χ3n) is 5.43. The molecule has 0 N–H and O–H groups in total. The van der Waals surface area contributed by atoms with Gasteiger partial charge in [0, 0.05) is 39.7 Å². The molecule has 130 valence electrons. The zero-order valence-corrected chi connectivity index (χ0v) is 15.2. The second-order valence-corrected chi connectivity index (χ2v) is 7.14. The van der Waals surface area contributed by atoms with Gasteiger partial charge in [-0.05, 0) is 49.7 Å². The molecule has 3 heteroatoms. The molecule has 0 bridgehead atoms. The molecule has 5 rings (SSSR count). The van der Waals surface area contributed by atoms with Crippen molar-refractivity contribution in [3.8, 4) is 17.0 Å². The summed E-state index contributed by atoms with van der Waals surface area (Å²) in [6.07, 6.45) is 2.41. The summed E-state index contributed by atoms with van der Waals surface area (Å²) in [6.45, 7) is 6.10. The number of rotatable bonds is 3. The van der Waals surface area contributed by atoms with Crippen LogP contribution in [0.25, 0.3) is 33.1 Å². The molecule has 0 saturated carbocycles. The lowest BCUT2D eigenvalue weighted by atomic mass is 9.99. The highest BCUT2D eigenvalue weighted by atomic mass is 16.5. The lowest BCUT2D eigenvalue weighted by Crippen LogP contribution is -2.07. The van der Waals surface area contributed by atoms with E-state index in [2.05, 4.69) is 48.7 Å². The van der Waals surface area contributed by atoms with E-state index in [1.807, 2.05) is 18.2 Å². The molecule has 0 spiro atoms. The van der Waals surface area contributed by atoms with Gasteiger partial charge in [-0.25, -0.2) is 4.98 Å². The van der Waals surface area contributed by atoms with E-state index in [0.717, 1.165) is 29.1 Å². The SMILES string of the molecule is CCCCn1c(C)cc2c3cc4c(nc3ccc21)-c1ccccc1OC4. The Hall–Kier alpha value is -2.81. The Morgan fingerprint density at radius 3 is 2.85 bits per heavy atom. The lowest BCUT2D eigenvalue weighted by Gasteiger charge is -2.20. The van der Waals surface area contributed by atoms with Crippen molar-refractivity contribution in [3.05, 3.63) is 59.8 Å². The first-order valence-electron chi connectivity index (χ1n) is 9.41. The van der Waals surface area contributed by atoms with E-state index >= 15 is 0 Å². The van der Waals surface area contributed by atoms with Crippen LogP contribution in [0.3, 0.4) is 0 Å². The minimum absolute atomic E-state index is 0.585. The van der Waals surface area contributed by atoms with Crippen molar-refractivity contribution >= 4 is 21.8 Å². The number of hydrogen-bond acceptors (Lipinski definition) is 2. The smallest absolute Gasteiger partial charge is 0.129 e. The second-order valence-electron chi connectivity index (χ2n) is 7.14. The van der Waals surface area contributed by atoms with Gasteiger partial charge < -0.3 is 9.30 Å². The van der Waals surface area contributed by atoms with Crippen LogP contribution in [0.2, 0.25) is 0 Å². The maximum absolute atomic E-state index is 5.95. The molecule has 0 amide bonds. The van der Waals surface area contributed by atoms with Gasteiger partial charge in [0.25, 0.3) is 0 Å². The van der Waals surface area contributed by atoms with Gasteiger partial charge in [0.15, 0.2) is 0 Å². The number of para-hydroxylation sites is 1. The summed E-state index contributed by atoms with van der Waals surface area (Å²) < 4.78 is 8.38. The molecule has 2 aromatic heterocycles. The van der Waals surface area contributed by atoms with Crippen LogP contribution in [0, 0.1) is 6.92 Å². The minimum Gasteiger partial charge on any atom is -0.488 e. The van der Waals surface area contributed by atoms with Crippen LogP contribution in [0.5, 0.6) is 5.75 Å². The van der Waals surface area contributed by atoms with Crippen molar-refractivity contribution in [1.29, 1.82) is 0 Å². The number of fused-ring (bicyclic) bond motifs is 6. The van der Waals surface area contributed by atoms with Crippen LogP contribution in [0.1, 0.15) is 31.0 Å². The van der Waals surface area contributed by atoms with Gasteiger partial charge in [0.1, 0.15) is 12.4 Å². The zero-order chi connectivity index (χ0) is 17.7. The molecule has 0 aliphatic carbocycles. The molecule has 0 saturated heterocycles. The highest BCUT2D eigenvalue weighted by Gasteiger charge is 2.20. The van der Waals surface area contributed by atoms with E-state index in [-0.39, 0.29) is 0 Å². The molecular weight excluding hydrogens is 320 g/mol. The van der Waals surface area contributed by atoms with Crippen molar-refractivity contribution in [2.24, 2.45) is 0 Å². The predicted molar refractivity (Wildman–Crippen MR) is 107 cm³/mol. The number of ether oxygens (including phenoxy) is 1. The number of aromatic nitrogens is 2. The van der Waals surface area contributed by atoms with Gasteiger partial charge in [-0.15, -0.1) is 0 Å². The average molecular weight is 342 g/mol. The normalized spacial score (nSPS) is 12.8. The summed E-state index contributed by atoms with van der Waals surface area (Å²) >= 11 is 0. The number of hydrogen-bond donors (Lipinski definition) is 0. The van der Waals surface area contributed by atoms with E-state index in [9.17, 15) is 0 Å². The van der Waals surface area contributed by atoms with Crippen molar-refractivity contribution < 1.29 is 4.74 Å². The van der Waals surface area contributed by atoms with Crippen LogP contribution >= 0.6 is 0 Å². The molecule has 1 aliphatic rings. The third-order valence-corrected chi connectivity index (χ3v) is 5.43. The largest absolute Gasteiger partial charge is 0.488 e. The first kappa shape index (κ1) is 15.4. The Morgan fingerprint density at radius 1 is 1.08 bits per heavy atom. The standard InChI is InChI=1S/C23H22N2O/c1-3-4-11-25-15(2)12-19-18-13-16-14-26-22-8-6-5-7-17(22)23(16)24-20(18)9-10-21(19)25/h5-10,12-13H,3-4,11,14H2,1-2H3. The number of aryl methyl sites for hydroxylation is 2. The predicted octanol–water partition coefficient (Wildman–Crippen LogP) is 5.86. The van der Waals surface area contributed by atoms with Gasteiger partial charge in [-0.3, -0.25) is 0 Å². The van der Waals surface area contributed by atoms with Crippen molar-refractivity contribution in [3.63, 3.8) is 0 Å². The Bertz CT molecular complexity index is 1140. The summed E-state index contributed by atoms with van der Waals surface area (Å²) in [7, 11) is 0. The van der Waals surface area contributed by atoms with Gasteiger partial charge >= 0.3 is 0 Å². The maximum Gasteiger partial charge on any atom is 0.129 e. The van der Waals surface area contributed by atoms with Crippen LogP contribution in [0.4, 0.5) is 0 Å². The summed E-state index contributed by atoms with van der Waals surface area (Å²) in [4.78, 5) is 5.02. The van der Waals surface area contributed by atoms with Crippen LogP contribution < -0.4 is 4.74 Å². The fourth-order valence-electron chi connectivity index (χ4n) is 4.06. The van der Waals surface area contributed by atoms with E-state index in [0.29, 0.717) is 6.61 Å². The maximum atomic E-state index is 5.95. The molecule has 3 heterocycles. The van der Waals surface area contributed by atoms with E-state index in [1.54, 1.807) is 0 Å². The molecule has 0 atom stereocenters. The molecule has 3 nitrogen and oxygen atoms in total. The quantitative estimate of drug-likeness (QED) is 0.466. The van der Waals surface area contributed by atoms with Gasteiger partial charge in [-0.2, -0.15) is 0 Å². The highest BCUT2D eigenvalue weighted by Crippen LogP contribution is 2.38. The zero-order valence-electron chi connectivity index (χ0n) is 15.2. The lowest BCUT2D eigenvalue weighted by molar-refractivity contribution is 0.302. The van der Waals surface area contributed by atoms with Crippen molar-refractivity contribution in [2.75, 3.05) is 0 Å². The molecule has 0 unspecified atom stereocenters. The summed E-state index contributed by atoms with van der Waals surface area (Å²) in [5.41, 5.74) is 7.00. The first-order valence-corrected chi connectivity index (χ1v) is 9.41. The molecular formula is C23H22N2O. The fraction of sp³-hybridized carbons (Fsp3) is 0.261. The number of nitrogens with zero attached hydrogens (tertiary/aromatic N) is 2. The summed E-state index contributed by atoms with van der Waals surface area (Å²) in [5, 5.41) is 2.52. The van der Waals surface area contributed by atoms with Crippen LogP contribution in [-0.4, -0.2) is 9.55 Å². The molecule has 0 fully saturated rings. The van der Waals surface area contributed by atoms with Gasteiger partial charge in [0.2, 0.25) is 0 Å². The van der Waals surface area contributed by atoms with E-state index < -0.39 is 0 Å². The van der Waals surface area contributed by atoms with Crippen molar-refractivity contribution in [1.82, 2.24) is 9.55 Å². The number of benzene rings is 2. The Balaban J connectivity index is 1.75. The monoisotopic (exact) mass is 342 g/mol. The molecule has 26 heavy (non-hydrogen) atoms. The first-order chi connectivity index (χ1) is 12.8. The van der Waals surface area contributed by atoms with Gasteiger partial charge in [0.05, 0.1) is 11.2 Å². The van der Waals surface area contributed by atoms with E-state index in [1.165, 1.54) is 40.4 Å².